The summed E-state index contributed by atoms with van der Waals surface area (Å²) in [6, 6.07) is 4.19. The fourth-order valence-electron chi connectivity index (χ4n) is 2.02. The molecule has 1 unspecified atom stereocenters. The third-order valence-corrected chi connectivity index (χ3v) is 3.25. The third kappa shape index (κ3) is 2.68. The highest BCUT2D eigenvalue weighted by Gasteiger charge is 2.37. The van der Waals surface area contributed by atoms with E-state index in [2.05, 4.69) is 5.32 Å². The lowest BCUT2D eigenvalue weighted by atomic mass is 10.0. The lowest BCUT2D eigenvalue weighted by molar-refractivity contribution is -0.133. The minimum Gasteiger partial charge on any atom is -0.478 e. The number of benzene rings is 1. The van der Waals surface area contributed by atoms with Crippen LogP contribution >= 0.6 is 0 Å². The Kier molecular flexibility index (Phi) is 3.44. The van der Waals surface area contributed by atoms with Crippen LogP contribution < -0.4 is 11.1 Å². The van der Waals surface area contributed by atoms with Crippen LogP contribution in [-0.2, 0) is 9.53 Å². The SMILES string of the molecule is CC1(C(=O)Nc2ccc(C(=O)O)cc2N)CCCO1. The third-order valence-electron chi connectivity index (χ3n) is 3.25. The maximum absolute atomic E-state index is 12.1. The maximum atomic E-state index is 12.1. The molecule has 1 saturated heterocycles. The zero-order chi connectivity index (χ0) is 14.0. The first kappa shape index (κ1) is 13.4. The predicted molar refractivity (Wildman–Crippen MR) is 70.0 cm³/mol. The molecule has 0 saturated carbocycles. The topological polar surface area (TPSA) is 102 Å². The molecule has 1 aromatic rings. The number of nitrogens with one attached hydrogen (secondary N) is 1. The number of amides is 1. The minimum atomic E-state index is -1.06. The van der Waals surface area contributed by atoms with Crippen LogP contribution in [0, 0.1) is 0 Å². The number of ether oxygens (including phenoxy) is 1. The van der Waals surface area contributed by atoms with E-state index in [1.54, 1.807) is 6.92 Å². The summed E-state index contributed by atoms with van der Waals surface area (Å²) in [5.41, 5.74) is 5.59. The zero-order valence-electron chi connectivity index (χ0n) is 10.6. The second-order valence-electron chi connectivity index (χ2n) is 4.74. The molecular weight excluding hydrogens is 248 g/mol. The Labute approximate surface area is 110 Å². The maximum Gasteiger partial charge on any atom is 0.335 e. The summed E-state index contributed by atoms with van der Waals surface area (Å²) in [7, 11) is 0. The van der Waals surface area contributed by atoms with Crippen molar-refractivity contribution in [3.05, 3.63) is 23.8 Å². The molecule has 1 aromatic carbocycles. The molecule has 4 N–H and O–H groups in total. The van der Waals surface area contributed by atoms with Gasteiger partial charge in [0.05, 0.1) is 16.9 Å². The van der Waals surface area contributed by atoms with Crippen molar-refractivity contribution in [3.8, 4) is 0 Å². The first-order valence-corrected chi connectivity index (χ1v) is 6.00. The molecule has 102 valence electrons. The van der Waals surface area contributed by atoms with Gasteiger partial charge < -0.3 is 20.9 Å². The number of aromatic carboxylic acids is 1. The number of carboxylic acid groups (broad SMARTS) is 1. The second kappa shape index (κ2) is 4.89. The highest BCUT2D eigenvalue weighted by Crippen LogP contribution is 2.28. The van der Waals surface area contributed by atoms with Gasteiger partial charge in [0, 0.05) is 6.61 Å². The first-order valence-electron chi connectivity index (χ1n) is 6.00. The summed E-state index contributed by atoms with van der Waals surface area (Å²) in [5.74, 6) is -1.32. The molecule has 2 rings (SSSR count). The van der Waals surface area contributed by atoms with Gasteiger partial charge in [0.15, 0.2) is 0 Å². The summed E-state index contributed by atoms with van der Waals surface area (Å²) in [5, 5.41) is 11.5. The normalized spacial score (nSPS) is 22.2. The van der Waals surface area contributed by atoms with Crippen LogP contribution in [0.5, 0.6) is 0 Å². The fraction of sp³-hybridized carbons (Fsp3) is 0.385. The van der Waals surface area contributed by atoms with Gasteiger partial charge in [-0.25, -0.2) is 4.79 Å². The lowest BCUT2D eigenvalue weighted by Gasteiger charge is -2.22. The molecular formula is C13H16N2O4. The highest BCUT2D eigenvalue weighted by molar-refractivity contribution is 6.00. The van der Waals surface area contributed by atoms with Crippen molar-refractivity contribution in [2.75, 3.05) is 17.7 Å². The lowest BCUT2D eigenvalue weighted by Crippen LogP contribution is -2.39. The summed E-state index contributed by atoms with van der Waals surface area (Å²) in [6.45, 7) is 2.30. The Morgan fingerprint density at radius 1 is 1.47 bits per heavy atom. The van der Waals surface area contributed by atoms with Gasteiger partial charge in [0.2, 0.25) is 0 Å². The number of carbonyl (C=O) groups is 2. The Bertz CT molecular complexity index is 521. The van der Waals surface area contributed by atoms with E-state index in [9.17, 15) is 9.59 Å². The van der Waals surface area contributed by atoms with E-state index in [1.165, 1.54) is 18.2 Å². The standard InChI is InChI=1S/C13H16N2O4/c1-13(5-2-6-19-13)12(18)15-10-4-3-8(11(16)17)7-9(10)14/h3-4,7H,2,5-6,14H2,1H3,(H,15,18)(H,16,17). The predicted octanol–water partition coefficient (Wildman–Crippen LogP) is 1.47. The van der Waals surface area contributed by atoms with Crippen LogP contribution in [0.4, 0.5) is 11.4 Å². The Hall–Kier alpha value is -2.08. The molecule has 19 heavy (non-hydrogen) atoms. The van der Waals surface area contributed by atoms with Crippen molar-refractivity contribution in [3.63, 3.8) is 0 Å². The van der Waals surface area contributed by atoms with Gasteiger partial charge in [0.25, 0.3) is 5.91 Å². The van der Waals surface area contributed by atoms with Gasteiger partial charge in [-0.1, -0.05) is 0 Å². The van der Waals surface area contributed by atoms with Crippen LogP contribution in [0.15, 0.2) is 18.2 Å². The molecule has 0 radical (unpaired) electrons. The Morgan fingerprint density at radius 2 is 2.21 bits per heavy atom. The number of carboxylic acids is 1. The van der Waals surface area contributed by atoms with E-state index < -0.39 is 11.6 Å². The fourth-order valence-corrected chi connectivity index (χ4v) is 2.02. The number of hydrogen-bond donors (Lipinski definition) is 3. The van der Waals surface area contributed by atoms with Crippen LogP contribution in [-0.4, -0.2) is 29.2 Å². The number of nitrogen functional groups attached to an aromatic ring is 1. The molecule has 1 atom stereocenters. The quantitative estimate of drug-likeness (QED) is 0.718. The molecule has 6 heteroatoms. The zero-order valence-corrected chi connectivity index (χ0v) is 10.6. The summed E-state index contributed by atoms with van der Waals surface area (Å²) in [6.07, 6.45) is 1.50. The molecule has 0 spiro atoms. The Morgan fingerprint density at radius 3 is 2.74 bits per heavy atom. The number of nitrogens with two attached hydrogens (primary N) is 1. The number of anilines is 2. The molecule has 1 amide bonds. The largest absolute Gasteiger partial charge is 0.478 e. The van der Waals surface area contributed by atoms with Crippen molar-refractivity contribution in [1.82, 2.24) is 0 Å². The van der Waals surface area contributed by atoms with E-state index in [0.29, 0.717) is 18.7 Å². The molecule has 1 aliphatic rings. The van der Waals surface area contributed by atoms with Gasteiger partial charge in [-0.2, -0.15) is 0 Å². The average molecular weight is 264 g/mol. The monoisotopic (exact) mass is 264 g/mol. The number of carbonyl (C=O) groups excluding carboxylic acids is 1. The molecule has 0 aromatic heterocycles. The molecule has 0 aliphatic carbocycles. The van der Waals surface area contributed by atoms with Crippen molar-refractivity contribution >= 4 is 23.3 Å². The van der Waals surface area contributed by atoms with Crippen molar-refractivity contribution in [2.24, 2.45) is 0 Å². The number of rotatable bonds is 3. The van der Waals surface area contributed by atoms with Crippen LogP contribution in [0.2, 0.25) is 0 Å². The smallest absolute Gasteiger partial charge is 0.335 e. The summed E-state index contributed by atoms with van der Waals surface area (Å²) < 4.78 is 5.43. The Balaban J connectivity index is 2.15. The minimum absolute atomic E-state index is 0.0822. The van der Waals surface area contributed by atoms with Crippen molar-refractivity contribution in [1.29, 1.82) is 0 Å². The van der Waals surface area contributed by atoms with E-state index >= 15 is 0 Å². The van der Waals surface area contributed by atoms with E-state index in [1.807, 2.05) is 0 Å². The highest BCUT2D eigenvalue weighted by atomic mass is 16.5. The average Bonchev–Trinajstić information content (AvgIpc) is 2.80. The number of hydrogen-bond acceptors (Lipinski definition) is 4. The van der Waals surface area contributed by atoms with Gasteiger partial charge in [-0.3, -0.25) is 4.79 Å². The van der Waals surface area contributed by atoms with Gasteiger partial charge in [-0.05, 0) is 38.0 Å². The molecule has 1 aliphatic heterocycles. The second-order valence-corrected chi connectivity index (χ2v) is 4.74. The summed E-state index contributed by atoms with van der Waals surface area (Å²) in [4.78, 5) is 22.9. The van der Waals surface area contributed by atoms with Crippen molar-refractivity contribution < 1.29 is 19.4 Å². The van der Waals surface area contributed by atoms with Crippen LogP contribution in [0.1, 0.15) is 30.1 Å². The van der Waals surface area contributed by atoms with E-state index in [0.717, 1.165) is 6.42 Å². The van der Waals surface area contributed by atoms with E-state index in [4.69, 9.17) is 15.6 Å². The van der Waals surface area contributed by atoms with Crippen LogP contribution in [0.25, 0.3) is 0 Å². The molecule has 6 nitrogen and oxygen atoms in total. The molecule has 1 fully saturated rings. The molecule has 1 heterocycles. The summed E-state index contributed by atoms with van der Waals surface area (Å²) >= 11 is 0. The van der Waals surface area contributed by atoms with Gasteiger partial charge in [0.1, 0.15) is 5.60 Å². The first-order chi connectivity index (χ1) is 8.92. The molecule has 0 bridgehead atoms. The van der Waals surface area contributed by atoms with Gasteiger partial charge in [-0.15, -0.1) is 0 Å². The van der Waals surface area contributed by atoms with E-state index in [-0.39, 0.29) is 17.2 Å². The van der Waals surface area contributed by atoms with Crippen LogP contribution in [0.3, 0.4) is 0 Å². The van der Waals surface area contributed by atoms with Crippen molar-refractivity contribution in [2.45, 2.75) is 25.4 Å². The van der Waals surface area contributed by atoms with Gasteiger partial charge >= 0.3 is 5.97 Å².